The lowest BCUT2D eigenvalue weighted by molar-refractivity contribution is 1.28. The van der Waals surface area contributed by atoms with E-state index in [1.807, 2.05) is 84.9 Å². The highest BCUT2D eigenvalue weighted by Crippen LogP contribution is 2.34. The second-order valence-electron chi connectivity index (χ2n) is 5.68. The van der Waals surface area contributed by atoms with Gasteiger partial charge in [-0.3, -0.25) is 0 Å². The number of hydrogen-bond acceptors (Lipinski definition) is 2. The van der Waals surface area contributed by atoms with Crippen LogP contribution in [0.4, 0.5) is 28.4 Å². The average molecular weight is 341 g/mol. The van der Waals surface area contributed by atoms with Crippen LogP contribution in [0, 0.1) is 0 Å². The van der Waals surface area contributed by atoms with Gasteiger partial charge < -0.3 is 10.2 Å². The van der Waals surface area contributed by atoms with E-state index < -0.39 is 6.04 Å². The minimum absolute atomic E-state index is 0.0572. The third-order valence-electron chi connectivity index (χ3n) is 3.92. The van der Waals surface area contributed by atoms with Crippen molar-refractivity contribution in [1.82, 2.24) is 0 Å². The molecule has 2 nitrogen and oxygen atoms in total. The molecule has 0 unspecified atom stereocenters. The van der Waals surface area contributed by atoms with Crippen molar-refractivity contribution >= 4 is 28.4 Å². The van der Waals surface area contributed by atoms with Gasteiger partial charge in [-0.15, -0.1) is 0 Å². The zero-order chi connectivity index (χ0) is 22.0. The number of benzene rings is 4. The lowest BCUT2D eigenvalue weighted by Gasteiger charge is -2.25. The number of para-hydroxylation sites is 3. The van der Waals surface area contributed by atoms with E-state index in [0.717, 1.165) is 17.1 Å². The lowest BCUT2D eigenvalue weighted by Crippen LogP contribution is -2.09. The van der Waals surface area contributed by atoms with Crippen molar-refractivity contribution in [2.75, 3.05) is 10.2 Å². The molecule has 0 amide bonds. The number of nitrogens with zero attached hydrogens (tertiary/aromatic N) is 1. The summed E-state index contributed by atoms with van der Waals surface area (Å²) in [6, 6.07) is 25.9. The van der Waals surface area contributed by atoms with Crippen LogP contribution < -0.4 is 10.2 Å². The predicted molar refractivity (Wildman–Crippen MR) is 111 cm³/mol. The Morgan fingerprint density at radius 2 is 1.04 bits per heavy atom. The zero-order valence-electron chi connectivity index (χ0n) is 19.0. The van der Waals surface area contributed by atoms with Crippen molar-refractivity contribution in [2.24, 2.45) is 0 Å². The van der Waals surface area contributed by atoms with Crippen LogP contribution in [0.5, 0.6) is 0 Å². The molecule has 1 N–H and O–H groups in total. The molecule has 0 heterocycles. The van der Waals surface area contributed by atoms with Crippen LogP contribution in [-0.4, -0.2) is 0 Å². The molecule has 0 aliphatic heterocycles. The van der Waals surface area contributed by atoms with Crippen LogP contribution in [0.3, 0.4) is 0 Å². The SMILES string of the molecule is [2H]c1c([2H])c([2H])c(Nc2ccc(N(c3ccccc3)c3ccccc3)cc2)c([2H])c1[2H]. The maximum atomic E-state index is 8.08. The summed E-state index contributed by atoms with van der Waals surface area (Å²) in [5.74, 6) is 0. The molecule has 4 aromatic carbocycles. The highest BCUT2D eigenvalue weighted by molar-refractivity contribution is 5.77. The maximum absolute atomic E-state index is 8.08. The van der Waals surface area contributed by atoms with Crippen molar-refractivity contribution in [3.05, 3.63) is 115 Å². The normalized spacial score (nSPS) is 13.0. The van der Waals surface area contributed by atoms with Crippen LogP contribution >= 0.6 is 0 Å². The van der Waals surface area contributed by atoms with Gasteiger partial charge in [0, 0.05) is 28.4 Å². The molecule has 0 saturated carbocycles. The minimum atomic E-state index is -0.405. The van der Waals surface area contributed by atoms with Gasteiger partial charge in [-0.05, 0) is 60.6 Å². The van der Waals surface area contributed by atoms with Crippen molar-refractivity contribution < 1.29 is 6.85 Å². The molecule has 0 fully saturated rings. The number of hydrogen-bond donors (Lipinski definition) is 1. The molecule has 0 aliphatic rings. The van der Waals surface area contributed by atoms with E-state index in [1.54, 1.807) is 0 Å². The van der Waals surface area contributed by atoms with E-state index in [0.29, 0.717) is 5.69 Å². The van der Waals surface area contributed by atoms with Gasteiger partial charge in [0.25, 0.3) is 0 Å². The quantitative estimate of drug-likeness (QED) is 0.425. The molecule has 0 bridgehead atoms. The molecule has 26 heavy (non-hydrogen) atoms. The first-order valence-corrected chi connectivity index (χ1v) is 8.31. The highest BCUT2D eigenvalue weighted by atomic mass is 15.1. The van der Waals surface area contributed by atoms with Crippen molar-refractivity contribution in [3.63, 3.8) is 0 Å². The van der Waals surface area contributed by atoms with E-state index in [4.69, 9.17) is 6.85 Å². The summed E-state index contributed by atoms with van der Waals surface area (Å²) in [5, 5.41) is 2.98. The van der Waals surface area contributed by atoms with E-state index in [2.05, 4.69) is 10.2 Å². The third kappa shape index (κ3) is 3.60. The summed E-state index contributed by atoms with van der Waals surface area (Å²) in [7, 11) is 0. The Bertz CT molecular complexity index is 1130. The van der Waals surface area contributed by atoms with Gasteiger partial charge in [-0.2, -0.15) is 0 Å². The predicted octanol–water partition coefficient (Wildman–Crippen LogP) is 6.90. The first kappa shape index (κ1) is 11.2. The fourth-order valence-electron chi connectivity index (χ4n) is 2.75. The van der Waals surface area contributed by atoms with E-state index in [-0.39, 0.29) is 29.9 Å². The fraction of sp³-hybridized carbons (Fsp3) is 0. The Hall–Kier alpha value is -3.52. The standard InChI is InChI=1S/C24H20N2/c1-4-10-20(11-5-1)25-21-16-18-24(19-17-21)26(22-12-6-2-7-13-22)23-14-8-3-9-15-23/h1-19,25H/i1D,4D,5D,10D,11D. The molecule has 0 aliphatic carbocycles. The first-order valence-electron chi connectivity index (χ1n) is 10.8. The van der Waals surface area contributed by atoms with Gasteiger partial charge in [-0.25, -0.2) is 0 Å². The van der Waals surface area contributed by atoms with Gasteiger partial charge >= 0.3 is 0 Å². The second-order valence-corrected chi connectivity index (χ2v) is 5.68. The maximum Gasteiger partial charge on any atom is 0.0645 e. The Morgan fingerprint density at radius 1 is 0.538 bits per heavy atom. The fourth-order valence-corrected chi connectivity index (χ4v) is 2.75. The summed E-state index contributed by atoms with van der Waals surface area (Å²) in [6.07, 6.45) is 0. The Kier molecular flexibility index (Phi) is 3.25. The molecular weight excluding hydrogens is 316 g/mol. The lowest BCUT2D eigenvalue weighted by atomic mass is 10.2. The van der Waals surface area contributed by atoms with Gasteiger partial charge in [0.1, 0.15) is 0 Å². The molecule has 0 atom stereocenters. The number of anilines is 5. The van der Waals surface area contributed by atoms with Gasteiger partial charge in [-0.1, -0.05) is 54.5 Å². The third-order valence-corrected chi connectivity index (χ3v) is 3.92. The van der Waals surface area contributed by atoms with E-state index in [1.165, 1.54) is 0 Å². The Morgan fingerprint density at radius 3 is 1.58 bits per heavy atom. The van der Waals surface area contributed by atoms with Crippen LogP contribution in [0.25, 0.3) is 0 Å². The zero-order valence-corrected chi connectivity index (χ0v) is 14.0. The molecule has 0 aromatic heterocycles. The summed E-state index contributed by atoms with van der Waals surface area (Å²) in [6.45, 7) is 0. The van der Waals surface area contributed by atoms with E-state index in [9.17, 15) is 0 Å². The largest absolute Gasteiger partial charge is 0.356 e. The molecule has 0 saturated heterocycles. The van der Waals surface area contributed by atoms with Gasteiger partial charge in [0.15, 0.2) is 0 Å². The summed E-state index contributed by atoms with van der Waals surface area (Å²) < 4.78 is 39.5. The first-order chi connectivity index (χ1) is 15.0. The summed E-state index contributed by atoms with van der Waals surface area (Å²) in [5.41, 5.74) is 3.65. The molecule has 2 heteroatoms. The molecule has 0 radical (unpaired) electrons. The second kappa shape index (κ2) is 7.58. The van der Waals surface area contributed by atoms with Crippen LogP contribution in [0.15, 0.2) is 115 Å². The highest BCUT2D eigenvalue weighted by Gasteiger charge is 2.11. The summed E-state index contributed by atoms with van der Waals surface area (Å²) >= 11 is 0. The van der Waals surface area contributed by atoms with Crippen LogP contribution in [0.2, 0.25) is 0 Å². The molecule has 0 spiro atoms. The molecule has 4 rings (SSSR count). The van der Waals surface area contributed by atoms with Crippen molar-refractivity contribution in [1.29, 1.82) is 0 Å². The Labute approximate surface area is 161 Å². The average Bonchev–Trinajstić information content (AvgIpc) is 2.82. The molecule has 4 aromatic rings. The van der Waals surface area contributed by atoms with Crippen molar-refractivity contribution in [3.8, 4) is 0 Å². The van der Waals surface area contributed by atoms with Gasteiger partial charge in [0.05, 0.1) is 6.85 Å². The van der Waals surface area contributed by atoms with Crippen LogP contribution in [-0.2, 0) is 0 Å². The van der Waals surface area contributed by atoms with Crippen molar-refractivity contribution in [2.45, 2.75) is 0 Å². The number of rotatable bonds is 5. The summed E-state index contributed by atoms with van der Waals surface area (Å²) in [4.78, 5) is 2.12. The van der Waals surface area contributed by atoms with E-state index >= 15 is 0 Å². The molecular formula is C24H20N2. The Balaban J connectivity index is 1.69. The smallest absolute Gasteiger partial charge is 0.0645 e. The number of nitrogens with one attached hydrogen (secondary N) is 1. The molecule has 126 valence electrons. The van der Waals surface area contributed by atoms with Crippen LogP contribution in [0.1, 0.15) is 6.85 Å². The monoisotopic (exact) mass is 341 g/mol. The minimum Gasteiger partial charge on any atom is -0.356 e. The topological polar surface area (TPSA) is 15.3 Å². The van der Waals surface area contributed by atoms with Gasteiger partial charge in [0.2, 0.25) is 0 Å².